The van der Waals surface area contributed by atoms with Crippen molar-refractivity contribution in [2.45, 2.75) is 32.2 Å². The average molecular weight is 302 g/mol. The standard InChI is InChI=1S/C16H18N2O4/c1-9(15(21)22)17-13(19)10-2-4-11(5-3-10)18-14(20)12-8-16(12)6-7-16/h2-5,9,12H,6-8H2,1H3,(H,17,19)(H,18,20)(H,21,22). The quantitative estimate of drug-likeness (QED) is 0.770. The van der Waals surface area contributed by atoms with Crippen LogP contribution in [0.4, 0.5) is 5.69 Å². The van der Waals surface area contributed by atoms with E-state index >= 15 is 0 Å². The Bertz CT molecular complexity index is 634. The van der Waals surface area contributed by atoms with E-state index in [1.165, 1.54) is 6.92 Å². The normalized spacial score (nSPS) is 21.8. The van der Waals surface area contributed by atoms with Crippen molar-refractivity contribution in [3.05, 3.63) is 29.8 Å². The number of carbonyl (C=O) groups excluding carboxylic acids is 2. The third-order valence-electron chi connectivity index (χ3n) is 4.53. The predicted octanol–water partition coefficient (Wildman–Crippen LogP) is 1.63. The lowest BCUT2D eigenvalue weighted by Crippen LogP contribution is -2.38. The topological polar surface area (TPSA) is 95.5 Å². The van der Waals surface area contributed by atoms with E-state index < -0.39 is 17.9 Å². The van der Waals surface area contributed by atoms with Crippen LogP contribution in [0.15, 0.2) is 24.3 Å². The molecule has 6 nitrogen and oxygen atoms in total. The van der Waals surface area contributed by atoms with Gasteiger partial charge in [0.1, 0.15) is 6.04 Å². The summed E-state index contributed by atoms with van der Waals surface area (Å²) in [6.45, 7) is 1.40. The smallest absolute Gasteiger partial charge is 0.325 e. The fourth-order valence-electron chi connectivity index (χ4n) is 2.71. The van der Waals surface area contributed by atoms with Gasteiger partial charge in [-0.2, -0.15) is 0 Å². The average Bonchev–Trinajstić information content (AvgIpc) is 3.39. The Hall–Kier alpha value is -2.37. The van der Waals surface area contributed by atoms with Gasteiger partial charge in [0, 0.05) is 17.2 Å². The Morgan fingerprint density at radius 1 is 1.23 bits per heavy atom. The highest BCUT2D eigenvalue weighted by Crippen LogP contribution is 2.70. The van der Waals surface area contributed by atoms with Crippen LogP contribution in [0.1, 0.15) is 36.5 Å². The summed E-state index contributed by atoms with van der Waals surface area (Å²) in [7, 11) is 0. The highest BCUT2D eigenvalue weighted by molar-refractivity contribution is 5.98. The molecule has 1 spiro atoms. The van der Waals surface area contributed by atoms with Crippen LogP contribution in [0, 0.1) is 11.3 Å². The van der Waals surface area contributed by atoms with Crippen LogP contribution in [0.25, 0.3) is 0 Å². The molecule has 6 heteroatoms. The van der Waals surface area contributed by atoms with Gasteiger partial charge in [-0.25, -0.2) is 0 Å². The monoisotopic (exact) mass is 302 g/mol. The summed E-state index contributed by atoms with van der Waals surface area (Å²) in [4.78, 5) is 34.6. The molecule has 2 unspecified atom stereocenters. The van der Waals surface area contributed by atoms with E-state index in [2.05, 4.69) is 10.6 Å². The zero-order chi connectivity index (χ0) is 15.9. The van der Waals surface area contributed by atoms with Crippen molar-refractivity contribution < 1.29 is 19.5 Å². The first-order valence-corrected chi connectivity index (χ1v) is 7.36. The molecular weight excluding hydrogens is 284 g/mol. The molecule has 3 N–H and O–H groups in total. The summed E-state index contributed by atoms with van der Waals surface area (Å²) in [6, 6.07) is 5.50. The fourth-order valence-corrected chi connectivity index (χ4v) is 2.71. The van der Waals surface area contributed by atoms with E-state index in [9.17, 15) is 14.4 Å². The minimum absolute atomic E-state index is 0.0502. The molecule has 2 aliphatic rings. The minimum atomic E-state index is -1.09. The molecule has 2 atom stereocenters. The van der Waals surface area contributed by atoms with Crippen LogP contribution in [0.3, 0.4) is 0 Å². The number of hydrogen-bond donors (Lipinski definition) is 3. The van der Waals surface area contributed by atoms with Crippen LogP contribution >= 0.6 is 0 Å². The molecule has 0 saturated heterocycles. The molecule has 116 valence electrons. The van der Waals surface area contributed by atoms with Crippen LogP contribution in [-0.4, -0.2) is 28.9 Å². The fraction of sp³-hybridized carbons (Fsp3) is 0.438. The first-order valence-electron chi connectivity index (χ1n) is 7.36. The summed E-state index contributed by atoms with van der Waals surface area (Å²) in [5, 5.41) is 14.0. The van der Waals surface area contributed by atoms with Crippen molar-refractivity contribution >= 4 is 23.5 Å². The molecule has 0 aliphatic heterocycles. The van der Waals surface area contributed by atoms with Crippen molar-refractivity contribution in [1.29, 1.82) is 0 Å². The molecule has 2 amide bonds. The van der Waals surface area contributed by atoms with Gasteiger partial charge in [-0.15, -0.1) is 0 Å². The van der Waals surface area contributed by atoms with E-state index in [4.69, 9.17) is 5.11 Å². The van der Waals surface area contributed by atoms with Crippen LogP contribution < -0.4 is 10.6 Å². The van der Waals surface area contributed by atoms with E-state index in [0.29, 0.717) is 16.7 Å². The first kappa shape index (κ1) is 14.6. The molecular formula is C16H18N2O4. The number of anilines is 1. The molecule has 0 heterocycles. The number of amides is 2. The second-order valence-corrected chi connectivity index (χ2v) is 6.22. The van der Waals surface area contributed by atoms with Gasteiger partial charge in [-0.05, 0) is 55.9 Å². The van der Waals surface area contributed by atoms with Crippen LogP contribution in [-0.2, 0) is 9.59 Å². The highest BCUT2D eigenvalue weighted by Gasteiger charge is 2.65. The number of hydrogen-bond acceptors (Lipinski definition) is 3. The number of carboxylic acid groups (broad SMARTS) is 1. The molecule has 3 rings (SSSR count). The van der Waals surface area contributed by atoms with Gasteiger partial charge in [-0.3, -0.25) is 14.4 Å². The Kier molecular flexibility index (Phi) is 3.39. The molecule has 0 radical (unpaired) electrons. The van der Waals surface area contributed by atoms with Crippen molar-refractivity contribution in [2.75, 3.05) is 5.32 Å². The zero-order valence-corrected chi connectivity index (χ0v) is 12.3. The summed E-state index contributed by atoms with van der Waals surface area (Å²) in [5.74, 6) is -1.34. The van der Waals surface area contributed by atoms with Crippen LogP contribution in [0.2, 0.25) is 0 Å². The molecule has 0 aromatic heterocycles. The largest absolute Gasteiger partial charge is 0.480 e. The second kappa shape index (κ2) is 5.12. The maximum atomic E-state index is 12.0. The summed E-state index contributed by atoms with van der Waals surface area (Å²) in [6.07, 6.45) is 3.31. The molecule has 1 aromatic carbocycles. The van der Waals surface area contributed by atoms with Gasteiger partial charge < -0.3 is 15.7 Å². The van der Waals surface area contributed by atoms with Crippen molar-refractivity contribution in [3.8, 4) is 0 Å². The Morgan fingerprint density at radius 3 is 2.36 bits per heavy atom. The summed E-state index contributed by atoms with van der Waals surface area (Å²) < 4.78 is 0. The van der Waals surface area contributed by atoms with E-state index in [-0.39, 0.29) is 11.8 Å². The molecule has 2 fully saturated rings. The number of benzene rings is 1. The summed E-state index contributed by atoms with van der Waals surface area (Å²) >= 11 is 0. The number of aliphatic carboxylic acids is 1. The van der Waals surface area contributed by atoms with Gasteiger partial charge in [0.15, 0.2) is 0 Å². The minimum Gasteiger partial charge on any atom is -0.480 e. The third kappa shape index (κ3) is 2.81. The lowest BCUT2D eigenvalue weighted by Gasteiger charge is -2.10. The van der Waals surface area contributed by atoms with E-state index in [1.807, 2.05) is 0 Å². The lowest BCUT2D eigenvalue weighted by atomic mass is 10.1. The number of rotatable bonds is 5. The first-order chi connectivity index (χ1) is 10.4. The lowest BCUT2D eigenvalue weighted by molar-refractivity contribution is -0.138. The second-order valence-electron chi connectivity index (χ2n) is 6.22. The van der Waals surface area contributed by atoms with Gasteiger partial charge in [-0.1, -0.05) is 0 Å². The number of carbonyl (C=O) groups is 3. The maximum Gasteiger partial charge on any atom is 0.325 e. The van der Waals surface area contributed by atoms with Gasteiger partial charge in [0.25, 0.3) is 5.91 Å². The van der Waals surface area contributed by atoms with Gasteiger partial charge >= 0.3 is 5.97 Å². The van der Waals surface area contributed by atoms with Crippen molar-refractivity contribution in [3.63, 3.8) is 0 Å². The predicted molar refractivity (Wildman–Crippen MR) is 79.4 cm³/mol. The Morgan fingerprint density at radius 2 is 1.86 bits per heavy atom. The maximum absolute atomic E-state index is 12.0. The summed E-state index contributed by atoms with van der Waals surface area (Å²) in [5.41, 5.74) is 1.32. The SMILES string of the molecule is CC(NC(=O)c1ccc(NC(=O)C2CC23CC3)cc1)C(=O)O. The third-order valence-corrected chi connectivity index (χ3v) is 4.53. The van der Waals surface area contributed by atoms with Gasteiger partial charge in [0.2, 0.25) is 5.91 Å². The van der Waals surface area contributed by atoms with E-state index in [0.717, 1.165) is 19.3 Å². The number of nitrogens with one attached hydrogen (secondary N) is 2. The van der Waals surface area contributed by atoms with E-state index in [1.54, 1.807) is 24.3 Å². The molecule has 1 aromatic rings. The Balaban J connectivity index is 1.56. The van der Waals surface area contributed by atoms with Gasteiger partial charge in [0.05, 0.1) is 0 Å². The number of carboxylic acids is 1. The van der Waals surface area contributed by atoms with Crippen molar-refractivity contribution in [1.82, 2.24) is 5.32 Å². The highest BCUT2D eigenvalue weighted by atomic mass is 16.4. The van der Waals surface area contributed by atoms with Crippen molar-refractivity contribution in [2.24, 2.45) is 11.3 Å². The Labute approximate surface area is 127 Å². The molecule has 2 aliphatic carbocycles. The van der Waals surface area contributed by atoms with Crippen LogP contribution in [0.5, 0.6) is 0 Å². The molecule has 22 heavy (non-hydrogen) atoms. The molecule has 0 bridgehead atoms. The zero-order valence-electron chi connectivity index (χ0n) is 12.3. The molecule has 2 saturated carbocycles.